The molecule has 0 radical (unpaired) electrons. The number of pyridine rings is 1. The predicted octanol–water partition coefficient (Wildman–Crippen LogP) is 1.84. The summed E-state index contributed by atoms with van der Waals surface area (Å²) in [6.07, 6.45) is 0. The van der Waals surface area contributed by atoms with E-state index < -0.39 is 5.91 Å². The van der Waals surface area contributed by atoms with Gasteiger partial charge < -0.3 is 16.4 Å². The topological polar surface area (TPSA) is 85.2 Å². The average molecular weight is 256 g/mol. The third-order valence-corrected chi connectivity index (χ3v) is 2.95. The minimum absolute atomic E-state index is 0.199. The molecule has 0 unspecified atom stereocenters. The van der Waals surface area contributed by atoms with Gasteiger partial charge >= 0.3 is 0 Å². The largest absolute Gasteiger partial charge is 0.396 e. The van der Waals surface area contributed by atoms with Crippen molar-refractivity contribution in [2.75, 3.05) is 17.7 Å². The summed E-state index contributed by atoms with van der Waals surface area (Å²) in [7, 11) is 1.85. The molecule has 0 saturated carbocycles. The highest BCUT2D eigenvalue weighted by atomic mass is 16.1. The van der Waals surface area contributed by atoms with Crippen LogP contribution in [0.3, 0.4) is 0 Å². The van der Waals surface area contributed by atoms with Gasteiger partial charge in [-0.25, -0.2) is 4.98 Å². The highest BCUT2D eigenvalue weighted by molar-refractivity contribution is 5.92. The Morgan fingerprint density at radius 3 is 2.53 bits per heavy atom. The van der Waals surface area contributed by atoms with Crippen molar-refractivity contribution >= 4 is 23.1 Å². The smallest absolute Gasteiger partial charge is 0.267 e. The fourth-order valence-corrected chi connectivity index (χ4v) is 1.92. The van der Waals surface area contributed by atoms with Crippen LogP contribution in [-0.2, 0) is 0 Å². The van der Waals surface area contributed by atoms with Crippen molar-refractivity contribution < 1.29 is 4.79 Å². The van der Waals surface area contributed by atoms with Gasteiger partial charge in [0.1, 0.15) is 5.69 Å². The summed E-state index contributed by atoms with van der Waals surface area (Å²) in [4.78, 5) is 17.3. The Hall–Kier alpha value is -2.56. The third-order valence-electron chi connectivity index (χ3n) is 2.95. The number of primary amides is 1. The van der Waals surface area contributed by atoms with Crippen LogP contribution in [0.4, 0.5) is 17.2 Å². The van der Waals surface area contributed by atoms with Crippen LogP contribution in [0.15, 0.2) is 36.4 Å². The van der Waals surface area contributed by atoms with Gasteiger partial charge in [-0.1, -0.05) is 18.2 Å². The highest BCUT2D eigenvalue weighted by Gasteiger charge is 2.13. The second kappa shape index (κ2) is 4.97. The Kier molecular flexibility index (Phi) is 3.37. The number of anilines is 3. The van der Waals surface area contributed by atoms with E-state index in [2.05, 4.69) is 4.98 Å². The van der Waals surface area contributed by atoms with Gasteiger partial charge in [0.05, 0.1) is 5.69 Å². The number of nitrogen functional groups attached to an aromatic ring is 1. The summed E-state index contributed by atoms with van der Waals surface area (Å²) >= 11 is 0. The van der Waals surface area contributed by atoms with Gasteiger partial charge in [-0.2, -0.15) is 0 Å². The molecule has 1 aromatic heterocycles. The molecule has 0 fully saturated rings. The normalized spacial score (nSPS) is 10.2. The van der Waals surface area contributed by atoms with E-state index in [1.54, 1.807) is 6.07 Å². The Labute approximate surface area is 111 Å². The fraction of sp³-hybridized carbons (Fsp3) is 0.143. The first-order valence-corrected chi connectivity index (χ1v) is 5.86. The van der Waals surface area contributed by atoms with Crippen LogP contribution in [0.5, 0.6) is 0 Å². The first-order chi connectivity index (χ1) is 9.00. The molecule has 0 spiro atoms. The molecule has 98 valence electrons. The monoisotopic (exact) mass is 256 g/mol. The first kappa shape index (κ1) is 12.9. The zero-order valence-electron chi connectivity index (χ0n) is 10.9. The van der Waals surface area contributed by atoms with Gasteiger partial charge in [-0.15, -0.1) is 0 Å². The number of rotatable bonds is 3. The lowest BCUT2D eigenvalue weighted by atomic mass is 10.2. The molecule has 0 aliphatic heterocycles. The summed E-state index contributed by atoms with van der Waals surface area (Å²) in [5, 5.41) is 0. The zero-order chi connectivity index (χ0) is 14.0. The van der Waals surface area contributed by atoms with Crippen molar-refractivity contribution in [2.24, 2.45) is 5.73 Å². The van der Waals surface area contributed by atoms with Gasteiger partial charge in [0.15, 0.2) is 5.82 Å². The lowest BCUT2D eigenvalue weighted by Crippen LogP contribution is -2.19. The molecule has 1 aromatic carbocycles. The summed E-state index contributed by atoms with van der Waals surface area (Å²) in [6, 6.07) is 11.0. The number of nitrogens with two attached hydrogens (primary N) is 2. The predicted molar refractivity (Wildman–Crippen MR) is 76.4 cm³/mol. The minimum Gasteiger partial charge on any atom is -0.396 e. The average Bonchev–Trinajstić information content (AvgIpc) is 2.38. The van der Waals surface area contributed by atoms with Crippen LogP contribution in [0.1, 0.15) is 16.1 Å². The van der Waals surface area contributed by atoms with Gasteiger partial charge in [-0.3, -0.25) is 4.79 Å². The van der Waals surface area contributed by atoms with Crippen LogP contribution in [0, 0.1) is 6.92 Å². The van der Waals surface area contributed by atoms with E-state index in [1.165, 1.54) is 6.07 Å². The molecule has 0 bridgehead atoms. The molecule has 5 heteroatoms. The second-order valence-corrected chi connectivity index (χ2v) is 4.32. The number of para-hydroxylation sites is 1. The number of carbonyl (C=O) groups excluding carboxylic acids is 1. The Bertz CT molecular complexity index is 625. The van der Waals surface area contributed by atoms with Gasteiger partial charge in [-0.05, 0) is 30.7 Å². The first-order valence-electron chi connectivity index (χ1n) is 5.86. The number of benzene rings is 1. The van der Waals surface area contributed by atoms with Crippen LogP contribution in [-0.4, -0.2) is 17.9 Å². The highest BCUT2D eigenvalue weighted by Crippen LogP contribution is 2.29. The Morgan fingerprint density at radius 2 is 1.89 bits per heavy atom. The van der Waals surface area contributed by atoms with Crippen LogP contribution in [0.25, 0.3) is 0 Å². The molecule has 19 heavy (non-hydrogen) atoms. The van der Waals surface area contributed by atoms with E-state index in [4.69, 9.17) is 11.5 Å². The number of hydrogen-bond donors (Lipinski definition) is 2. The van der Waals surface area contributed by atoms with E-state index in [1.807, 2.05) is 43.1 Å². The van der Waals surface area contributed by atoms with Crippen molar-refractivity contribution in [3.05, 3.63) is 47.7 Å². The molecule has 1 amide bonds. The number of nitrogens with zero attached hydrogens (tertiary/aromatic N) is 2. The molecule has 4 N–H and O–H groups in total. The SMILES string of the molecule is Cc1ccccc1N(C)c1nc(C(N)=O)ccc1N. The van der Waals surface area contributed by atoms with Gasteiger partial charge in [0.2, 0.25) is 0 Å². The molecule has 2 aromatic rings. The maximum absolute atomic E-state index is 11.2. The van der Waals surface area contributed by atoms with Gasteiger partial charge in [0.25, 0.3) is 5.91 Å². The maximum atomic E-state index is 11.2. The molecular weight excluding hydrogens is 240 g/mol. The van der Waals surface area contributed by atoms with Crippen LogP contribution in [0.2, 0.25) is 0 Å². The summed E-state index contributed by atoms with van der Waals surface area (Å²) in [6.45, 7) is 2.00. The number of aryl methyl sites for hydroxylation is 1. The maximum Gasteiger partial charge on any atom is 0.267 e. The van der Waals surface area contributed by atoms with Crippen molar-refractivity contribution in [3.8, 4) is 0 Å². The van der Waals surface area contributed by atoms with Crippen molar-refractivity contribution in [1.82, 2.24) is 4.98 Å². The molecule has 2 rings (SSSR count). The molecule has 0 aliphatic carbocycles. The molecule has 5 nitrogen and oxygen atoms in total. The molecule has 1 heterocycles. The third kappa shape index (κ3) is 2.49. The second-order valence-electron chi connectivity index (χ2n) is 4.32. The van der Waals surface area contributed by atoms with E-state index in [9.17, 15) is 4.79 Å². The summed E-state index contributed by atoms with van der Waals surface area (Å²) in [5.74, 6) is -0.0509. The van der Waals surface area contributed by atoms with Crippen molar-refractivity contribution in [3.63, 3.8) is 0 Å². The van der Waals surface area contributed by atoms with Crippen molar-refractivity contribution in [1.29, 1.82) is 0 Å². The molecule has 0 aliphatic rings. The number of carbonyl (C=O) groups is 1. The van der Waals surface area contributed by atoms with E-state index >= 15 is 0 Å². The summed E-state index contributed by atoms with van der Waals surface area (Å²) < 4.78 is 0. The minimum atomic E-state index is -0.570. The number of aromatic nitrogens is 1. The van der Waals surface area contributed by atoms with Crippen LogP contribution >= 0.6 is 0 Å². The summed E-state index contributed by atoms with van der Waals surface area (Å²) in [5.41, 5.74) is 13.9. The van der Waals surface area contributed by atoms with Crippen molar-refractivity contribution in [2.45, 2.75) is 6.92 Å². The van der Waals surface area contributed by atoms with E-state index in [0.29, 0.717) is 11.5 Å². The fourth-order valence-electron chi connectivity index (χ4n) is 1.92. The number of hydrogen-bond acceptors (Lipinski definition) is 4. The Morgan fingerprint density at radius 1 is 1.21 bits per heavy atom. The Balaban J connectivity index is 2.49. The standard InChI is InChI=1S/C14H16N4O/c1-9-5-3-4-6-12(9)18(2)14-10(15)7-8-11(17-14)13(16)19/h3-8H,15H2,1-2H3,(H2,16,19). The number of amides is 1. The zero-order valence-corrected chi connectivity index (χ0v) is 10.9. The molecule has 0 saturated heterocycles. The van der Waals surface area contributed by atoms with Gasteiger partial charge in [0, 0.05) is 12.7 Å². The lowest BCUT2D eigenvalue weighted by molar-refractivity contribution is 0.0995. The quantitative estimate of drug-likeness (QED) is 0.877. The lowest BCUT2D eigenvalue weighted by Gasteiger charge is -2.22. The molecular formula is C14H16N4O. The van der Waals surface area contributed by atoms with E-state index in [-0.39, 0.29) is 5.69 Å². The molecule has 0 atom stereocenters. The van der Waals surface area contributed by atoms with E-state index in [0.717, 1.165) is 11.3 Å². The van der Waals surface area contributed by atoms with Crippen LogP contribution < -0.4 is 16.4 Å².